The molecule has 1 unspecified atom stereocenters. The summed E-state index contributed by atoms with van der Waals surface area (Å²) in [6.45, 7) is 3.91. The lowest BCUT2D eigenvalue weighted by molar-refractivity contribution is -0.139. The number of fused-ring (bicyclic) bond motifs is 1. The number of nitrogens with zero attached hydrogens (tertiary/aromatic N) is 1. The molecule has 0 radical (unpaired) electrons. The van der Waals surface area contributed by atoms with Crippen LogP contribution in [-0.2, 0) is 23.0 Å². The minimum atomic E-state index is -0.772. The van der Waals surface area contributed by atoms with Crippen LogP contribution in [0, 0.1) is 0 Å². The zero-order valence-electron chi connectivity index (χ0n) is 16.1. The van der Waals surface area contributed by atoms with Crippen LogP contribution in [0.4, 0.5) is 0 Å². The van der Waals surface area contributed by atoms with E-state index in [0.717, 1.165) is 12.1 Å². The molecule has 28 heavy (non-hydrogen) atoms. The Bertz CT molecular complexity index is 1010. The van der Waals surface area contributed by atoms with Gasteiger partial charge in [-0.2, -0.15) is 0 Å². The number of hydrogen-bond donors (Lipinski definition) is 1. The Kier molecular flexibility index (Phi) is 5.79. The highest BCUT2D eigenvalue weighted by molar-refractivity contribution is 6.31. The molecule has 1 aromatic heterocycles. The normalized spacial score (nSPS) is 15.8. The quantitative estimate of drug-likeness (QED) is 0.776. The lowest BCUT2D eigenvalue weighted by Crippen LogP contribution is -2.34. The van der Waals surface area contributed by atoms with Crippen LogP contribution >= 0.6 is 11.6 Å². The molecule has 0 saturated carbocycles. The summed E-state index contributed by atoms with van der Waals surface area (Å²) >= 11 is 6.43. The van der Waals surface area contributed by atoms with E-state index in [2.05, 4.69) is 0 Å². The van der Waals surface area contributed by atoms with Gasteiger partial charge >= 0.3 is 5.97 Å². The summed E-state index contributed by atoms with van der Waals surface area (Å²) in [6.07, 6.45) is 1.59. The van der Waals surface area contributed by atoms with Crippen LogP contribution in [0.1, 0.15) is 43.0 Å². The van der Waals surface area contributed by atoms with Gasteiger partial charge in [0.2, 0.25) is 5.88 Å². The Morgan fingerprint density at radius 3 is 2.68 bits per heavy atom. The third-order valence-corrected chi connectivity index (χ3v) is 5.15. The van der Waals surface area contributed by atoms with Crippen LogP contribution < -0.4 is 16.0 Å². The molecule has 2 heterocycles. The number of nitrogens with two attached hydrogens (primary N) is 1. The van der Waals surface area contributed by atoms with E-state index in [1.807, 2.05) is 6.92 Å². The first-order chi connectivity index (χ1) is 13.4. The smallest absolute Gasteiger partial charge is 0.340 e. The molecule has 7 heteroatoms. The van der Waals surface area contributed by atoms with Crippen molar-refractivity contribution < 1.29 is 14.3 Å². The second-order valence-corrected chi connectivity index (χ2v) is 6.99. The van der Waals surface area contributed by atoms with Crippen molar-refractivity contribution >= 4 is 17.6 Å². The van der Waals surface area contributed by atoms with Crippen LogP contribution in [-0.4, -0.2) is 17.1 Å². The first-order valence-electron chi connectivity index (χ1n) is 9.22. The monoisotopic (exact) mass is 402 g/mol. The van der Waals surface area contributed by atoms with E-state index >= 15 is 0 Å². The molecule has 1 aromatic carbocycles. The molecule has 2 N–H and O–H groups in total. The van der Waals surface area contributed by atoms with Gasteiger partial charge in [0.25, 0.3) is 5.56 Å². The third kappa shape index (κ3) is 3.40. The Labute approximate surface area is 168 Å². The maximum absolute atomic E-state index is 13.3. The first-order valence-corrected chi connectivity index (χ1v) is 9.60. The fourth-order valence-electron chi connectivity index (χ4n) is 3.50. The third-order valence-electron chi connectivity index (χ3n) is 4.81. The van der Waals surface area contributed by atoms with Crippen LogP contribution in [0.2, 0.25) is 5.02 Å². The van der Waals surface area contributed by atoms with Gasteiger partial charge in [-0.1, -0.05) is 43.1 Å². The van der Waals surface area contributed by atoms with Crippen LogP contribution in [0.15, 0.2) is 46.6 Å². The summed E-state index contributed by atoms with van der Waals surface area (Å²) in [5.41, 5.74) is 7.71. The van der Waals surface area contributed by atoms with Crippen molar-refractivity contribution in [3.63, 3.8) is 0 Å². The number of esters is 1. The van der Waals surface area contributed by atoms with Crippen LogP contribution in [0.3, 0.4) is 0 Å². The van der Waals surface area contributed by atoms with Crippen molar-refractivity contribution in [2.45, 2.75) is 32.6 Å². The van der Waals surface area contributed by atoms with Crippen LogP contribution in [0.5, 0.6) is 5.75 Å². The number of rotatable bonds is 5. The highest BCUT2D eigenvalue weighted by Crippen LogP contribution is 2.43. The Morgan fingerprint density at radius 1 is 1.32 bits per heavy atom. The SMILES string of the molecule is CCCc1cc2c(c(=O)n1C)C(c1ccccc1Cl)C(C(=O)OCC)=C(N)O2. The number of carbonyl (C=O) groups is 1. The fourth-order valence-corrected chi connectivity index (χ4v) is 3.74. The maximum atomic E-state index is 13.3. The van der Waals surface area contributed by atoms with Gasteiger partial charge in [-0.05, 0) is 25.0 Å². The van der Waals surface area contributed by atoms with E-state index in [0.29, 0.717) is 28.3 Å². The summed E-state index contributed by atoms with van der Waals surface area (Å²) in [5.74, 6) is -1.13. The highest BCUT2D eigenvalue weighted by Gasteiger charge is 2.39. The Balaban J connectivity index is 2.32. The number of ether oxygens (including phenoxy) is 2. The van der Waals surface area contributed by atoms with Crippen molar-refractivity contribution in [2.24, 2.45) is 12.8 Å². The second-order valence-electron chi connectivity index (χ2n) is 6.58. The predicted octanol–water partition coefficient (Wildman–Crippen LogP) is 3.25. The topological polar surface area (TPSA) is 83.5 Å². The van der Waals surface area contributed by atoms with Gasteiger partial charge in [-0.15, -0.1) is 0 Å². The molecule has 3 rings (SSSR count). The number of carbonyl (C=O) groups excluding carboxylic acids is 1. The number of benzene rings is 1. The molecule has 0 amide bonds. The van der Waals surface area contributed by atoms with Crippen molar-refractivity contribution in [2.75, 3.05) is 6.61 Å². The predicted molar refractivity (Wildman–Crippen MR) is 107 cm³/mol. The number of hydrogen-bond acceptors (Lipinski definition) is 5. The lowest BCUT2D eigenvalue weighted by Gasteiger charge is -2.29. The van der Waals surface area contributed by atoms with Gasteiger partial charge in [0.15, 0.2) is 0 Å². The molecule has 148 valence electrons. The van der Waals surface area contributed by atoms with E-state index in [4.69, 9.17) is 26.8 Å². The fraction of sp³-hybridized carbons (Fsp3) is 0.333. The largest absolute Gasteiger partial charge is 0.462 e. The van der Waals surface area contributed by atoms with E-state index in [1.54, 1.807) is 48.9 Å². The standard InChI is InChI=1S/C21H23ClN2O4/c1-4-8-12-11-15-17(20(25)24(12)3)16(13-9-6-7-10-14(13)22)18(19(23)28-15)21(26)27-5-2/h6-7,9-11,16H,4-5,8,23H2,1-3H3. The summed E-state index contributed by atoms with van der Waals surface area (Å²) in [6, 6.07) is 8.87. The average Bonchev–Trinajstić information content (AvgIpc) is 2.65. The molecular weight excluding hydrogens is 380 g/mol. The first kappa shape index (κ1) is 20.0. The summed E-state index contributed by atoms with van der Waals surface area (Å²) in [7, 11) is 1.71. The molecule has 6 nitrogen and oxygen atoms in total. The second kappa shape index (κ2) is 8.10. The van der Waals surface area contributed by atoms with Gasteiger partial charge in [0.05, 0.1) is 18.1 Å². The number of pyridine rings is 1. The molecule has 1 aliphatic heterocycles. The molecular formula is C21H23ClN2O4. The maximum Gasteiger partial charge on any atom is 0.340 e. The lowest BCUT2D eigenvalue weighted by atomic mass is 9.83. The Morgan fingerprint density at radius 2 is 2.04 bits per heavy atom. The van der Waals surface area contributed by atoms with Gasteiger partial charge in [-0.25, -0.2) is 4.79 Å². The summed E-state index contributed by atoms with van der Waals surface area (Å²) in [5, 5.41) is 0.426. The molecule has 0 bridgehead atoms. The van der Waals surface area contributed by atoms with Crippen molar-refractivity contribution in [3.05, 3.63) is 74.0 Å². The average molecular weight is 403 g/mol. The van der Waals surface area contributed by atoms with E-state index in [-0.39, 0.29) is 23.6 Å². The molecule has 0 saturated heterocycles. The van der Waals surface area contributed by atoms with E-state index in [9.17, 15) is 9.59 Å². The van der Waals surface area contributed by atoms with Crippen molar-refractivity contribution in [1.82, 2.24) is 4.57 Å². The Hall–Kier alpha value is -2.73. The molecule has 0 spiro atoms. The van der Waals surface area contributed by atoms with Gasteiger partial charge in [0, 0.05) is 23.8 Å². The van der Waals surface area contributed by atoms with Gasteiger partial charge in [-0.3, -0.25) is 4.79 Å². The van der Waals surface area contributed by atoms with E-state index in [1.165, 1.54) is 0 Å². The van der Waals surface area contributed by atoms with Crippen molar-refractivity contribution in [3.8, 4) is 5.75 Å². The minimum absolute atomic E-state index is 0.0772. The summed E-state index contributed by atoms with van der Waals surface area (Å²) in [4.78, 5) is 25.9. The number of aryl methyl sites for hydroxylation is 1. The van der Waals surface area contributed by atoms with Crippen LogP contribution in [0.25, 0.3) is 0 Å². The molecule has 1 aliphatic rings. The minimum Gasteiger partial charge on any atom is -0.462 e. The van der Waals surface area contributed by atoms with Gasteiger partial charge < -0.3 is 19.8 Å². The molecule has 1 atom stereocenters. The number of halogens is 1. The summed E-state index contributed by atoms with van der Waals surface area (Å²) < 4.78 is 12.5. The zero-order valence-corrected chi connectivity index (χ0v) is 16.9. The van der Waals surface area contributed by atoms with E-state index < -0.39 is 11.9 Å². The molecule has 2 aromatic rings. The van der Waals surface area contributed by atoms with Gasteiger partial charge in [0.1, 0.15) is 11.3 Å². The molecule has 0 aliphatic carbocycles. The molecule has 0 fully saturated rings. The number of aromatic nitrogens is 1. The highest BCUT2D eigenvalue weighted by atomic mass is 35.5. The van der Waals surface area contributed by atoms with Crippen molar-refractivity contribution in [1.29, 1.82) is 0 Å². The zero-order chi connectivity index (χ0) is 20.4.